The molecule has 0 spiro atoms. The van der Waals surface area contributed by atoms with Crippen LogP contribution in [-0.4, -0.2) is 48.2 Å². The summed E-state index contributed by atoms with van der Waals surface area (Å²) in [5.41, 5.74) is 0.310. The van der Waals surface area contributed by atoms with Crippen LogP contribution in [0.2, 0.25) is 0 Å². The monoisotopic (exact) mass is 291 g/mol. The number of hydrogen-bond donors (Lipinski definition) is 1. The smallest absolute Gasteiger partial charge is 0.317 e. The number of ether oxygens (including phenoxy) is 1. The zero-order valence-electron chi connectivity index (χ0n) is 12.2. The molecule has 0 amide bonds. The summed E-state index contributed by atoms with van der Waals surface area (Å²) in [5, 5.41) is 8.87. The average molecular weight is 291 g/mol. The molecule has 21 heavy (non-hydrogen) atoms. The molecule has 0 aliphatic carbocycles. The fourth-order valence-electron chi connectivity index (χ4n) is 2.92. The number of rotatable bonds is 5. The standard InChI is InChI=1S/C16H21NO4/c1-2-21-15(20)16(13-6-4-3-5-7-13)8-10-17(11-9-16)12-14(18)19/h3-7H,2,8-12H2,1H3,(H,18,19). The Bertz CT molecular complexity index is 492. The van der Waals surface area contributed by atoms with Crippen LogP contribution >= 0.6 is 0 Å². The normalized spacial score (nSPS) is 18.1. The van der Waals surface area contributed by atoms with E-state index < -0.39 is 11.4 Å². The van der Waals surface area contributed by atoms with E-state index in [9.17, 15) is 9.59 Å². The first-order valence-corrected chi connectivity index (χ1v) is 7.25. The summed E-state index contributed by atoms with van der Waals surface area (Å²) in [4.78, 5) is 25.2. The molecule has 5 heteroatoms. The van der Waals surface area contributed by atoms with Crippen molar-refractivity contribution in [2.24, 2.45) is 0 Å². The van der Waals surface area contributed by atoms with Crippen molar-refractivity contribution in [2.45, 2.75) is 25.2 Å². The lowest BCUT2D eigenvalue weighted by molar-refractivity contribution is -0.152. The van der Waals surface area contributed by atoms with E-state index in [0.717, 1.165) is 5.56 Å². The minimum atomic E-state index is -0.835. The van der Waals surface area contributed by atoms with Gasteiger partial charge in [0, 0.05) is 13.1 Å². The minimum absolute atomic E-state index is 0.0215. The second kappa shape index (κ2) is 6.72. The van der Waals surface area contributed by atoms with Crippen molar-refractivity contribution in [1.29, 1.82) is 0 Å². The molecule has 1 aromatic carbocycles. The number of benzene rings is 1. The topological polar surface area (TPSA) is 66.8 Å². The predicted molar refractivity (Wildman–Crippen MR) is 78.1 cm³/mol. The van der Waals surface area contributed by atoms with Crippen LogP contribution in [0, 0.1) is 0 Å². The van der Waals surface area contributed by atoms with Crippen molar-refractivity contribution in [3.8, 4) is 0 Å². The molecular formula is C16H21NO4. The van der Waals surface area contributed by atoms with E-state index in [1.807, 2.05) is 35.2 Å². The summed E-state index contributed by atoms with van der Waals surface area (Å²) < 4.78 is 5.28. The molecule has 1 aliphatic heterocycles. The molecule has 2 rings (SSSR count). The van der Waals surface area contributed by atoms with Crippen LogP contribution in [0.1, 0.15) is 25.3 Å². The summed E-state index contributed by atoms with van der Waals surface area (Å²) in [6.07, 6.45) is 1.17. The van der Waals surface area contributed by atoms with Crippen molar-refractivity contribution in [3.05, 3.63) is 35.9 Å². The zero-order chi connectivity index (χ0) is 15.3. The van der Waals surface area contributed by atoms with Gasteiger partial charge in [0.1, 0.15) is 0 Å². The van der Waals surface area contributed by atoms with E-state index in [1.54, 1.807) is 6.92 Å². The lowest BCUT2D eigenvalue weighted by Crippen LogP contribution is -2.49. The number of carboxylic acids is 1. The largest absolute Gasteiger partial charge is 0.480 e. The highest BCUT2D eigenvalue weighted by Gasteiger charge is 2.44. The number of hydrogen-bond acceptors (Lipinski definition) is 4. The zero-order valence-corrected chi connectivity index (χ0v) is 12.2. The van der Waals surface area contributed by atoms with Gasteiger partial charge in [-0.1, -0.05) is 30.3 Å². The van der Waals surface area contributed by atoms with E-state index in [4.69, 9.17) is 9.84 Å². The Hall–Kier alpha value is -1.88. The third kappa shape index (κ3) is 3.42. The molecule has 1 fully saturated rings. The van der Waals surface area contributed by atoms with Crippen molar-refractivity contribution in [1.82, 2.24) is 4.90 Å². The van der Waals surface area contributed by atoms with Gasteiger partial charge in [-0.2, -0.15) is 0 Å². The van der Waals surface area contributed by atoms with E-state index in [-0.39, 0.29) is 12.5 Å². The lowest BCUT2D eigenvalue weighted by atomic mass is 9.72. The highest BCUT2D eigenvalue weighted by Crippen LogP contribution is 2.36. The molecule has 0 bridgehead atoms. The molecule has 0 atom stereocenters. The Morgan fingerprint density at radius 1 is 1.24 bits per heavy atom. The Balaban J connectivity index is 2.20. The van der Waals surface area contributed by atoms with Gasteiger partial charge in [0.05, 0.1) is 18.6 Å². The molecule has 1 aromatic rings. The molecule has 0 saturated carbocycles. The molecule has 1 heterocycles. The van der Waals surface area contributed by atoms with Gasteiger partial charge in [-0.25, -0.2) is 0 Å². The Labute approximate surface area is 124 Å². The van der Waals surface area contributed by atoms with Gasteiger partial charge >= 0.3 is 11.9 Å². The number of aliphatic carboxylic acids is 1. The summed E-state index contributed by atoms with van der Waals surface area (Å²) in [6, 6.07) is 9.65. The first kappa shape index (κ1) is 15.5. The lowest BCUT2D eigenvalue weighted by Gasteiger charge is -2.39. The maximum atomic E-state index is 12.5. The molecule has 0 radical (unpaired) electrons. The number of likely N-dealkylation sites (tertiary alicyclic amines) is 1. The van der Waals surface area contributed by atoms with Gasteiger partial charge in [0.2, 0.25) is 0 Å². The summed E-state index contributed by atoms with van der Waals surface area (Å²) >= 11 is 0. The maximum absolute atomic E-state index is 12.5. The number of nitrogens with zero attached hydrogens (tertiary/aromatic N) is 1. The van der Waals surface area contributed by atoms with Crippen LogP contribution in [-0.2, 0) is 19.7 Å². The third-order valence-electron chi connectivity index (χ3n) is 4.06. The van der Waals surface area contributed by atoms with Crippen LogP contribution < -0.4 is 0 Å². The molecule has 1 N–H and O–H groups in total. The molecule has 5 nitrogen and oxygen atoms in total. The van der Waals surface area contributed by atoms with Crippen LogP contribution in [0.25, 0.3) is 0 Å². The van der Waals surface area contributed by atoms with Crippen LogP contribution in [0.4, 0.5) is 0 Å². The molecule has 0 aromatic heterocycles. The highest BCUT2D eigenvalue weighted by molar-refractivity contribution is 5.83. The number of carbonyl (C=O) groups excluding carboxylic acids is 1. The fraction of sp³-hybridized carbons (Fsp3) is 0.500. The Morgan fingerprint density at radius 3 is 2.38 bits per heavy atom. The molecule has 1 saturated heterocycles. The van der Waals surface area contributed by atoms with Crippen molar-refractivity contribution in [2.75, 3.05) is 26.2 Å². The van der Waals surface area contributed by atoms with Crippen LogP contribution in [0.5, 0.6) is 0 Å². The van der Waals surface area contributed by atoms with Gasteiger partial charge < -0.3 is 9.84 Å². The second-order valence-electron chi connectivity index (χ2n) is 5.34. The number of carbonyl (C=O) groups is 2. The van der Waals surface area contributed by atoms with Gasteiger partial charge in [-0.15, -0.1) is 0 Å². The van der Waals surface area contributed by atoms with E-state index in [1.165, 1.54) is 0 Å². The van der Waals surface area contributed by atoms with Crippen LogP contribution in [0.3, 0.4) is 0 Å². The predicted octanol–water partition coefficient (Wildman–Crippen LogP) is 1.67. The molecule has 1 aliphatic rings. The molecular weight excluding hydrogens is 270 g/mol. The van der Waals surface area contributed by atoms with Crippen molar-refractivity contribution in [3.63, 3.8) is 0 Å². The SMILES string of the molecule is CCOC(=O)C1(c2ccccc2)CCN(CC(=O)O)CC1. The van der Waals surface area contributed by atoms with E-state index >= 15 is 0 Å². The Kier molecular flexibility index (Phi) is 4.96. The minimum Gasteiger partial charge on any atom is -0.480 e. The molecule has 0 unspecified atom stereocenters. The summed E-state index contributed by atoms with van der Waals surface area (Å²) in [6.45, 7) is 3.34. The van der Waals surface area contributed by atoms with Gasteiger partial charge in [0.15, 0.2) is 0 Å². The number of piperidine rings is 1. The Morgan fingerprint density at radius 2 is 1.86 bits per heavy atom. The van der Waals surface area contributed by atoms with Gasteiger partial charge in [-0.3, -0.25) is 14.5 Å². The highest BCUT2D eigenvalue weighted by atomic mass is 16.5. The number of esters is 1. The quantitative estimate of drug-likeness (QED) is 0.836. The summed E-state index contributed by atoms with van der Waals surface area (Å²) in [5.74, 6) is -1.04. The van der Waals surface area contributed by atoms with Gasteiger partial charge in [0.25, 0.3) is 0 Å². The summed E-state index contributed by atoms with van der Waals surface area (Å²) in [7, 11) is 0. The molecule has 114 valence electrons. The fourth-order valence-corrected chi connectivity index (χ4v) is 2.92. The second-order valence-corrected chi connectivity index (χ2v) is 5.34. The first-order valence-electron chi connectivity index (χ1n) is 7.25. The van der Waals surface area contributed by atoms with E-state index in [2.05, 4.69) is 0 Å². The van der Waals surface area contributed by atoms with Crippen LogP contribution in [0.15, 0.2) is 30.3 Å². The average Bonchev–Trinajstić information content (AvgIpc) is 2.49. The van der Waals surface area contributed by atoms with Crippen molar-refractivity contribution < 1.29 is 19.4 Å². The van der Waals surface area contributed by atoms with Crippen molar-refractivity contribution >= 4 is 11.9 Å². The van der Waals surface area contributed by atoms with E-state index in [0.29, 0.717) is 32.5 Å². The number of carboxylic acid groups (broad SMARTS) is 1. The van der Waals surface area contributed by atoms with Gasteiger partial charge in [-0.05, 0) is 25.3 Å². The third-order valence-corrected chi connectivity index (χ3v) is 4.06. The maximum Gasteiger partial charge on any atom is 0.317 e. The first-order chi connectivity index (χ1) is 10.1.